The molecular weight excluding hydrogens is 412 g/mol. The minimum atomic E-state index is -0.299. The second-order valence-corrected chi connectivity index (χ2v) is 10.8. The van der Waals surface area contributed by atoms with Gasteiger partial charge in [0, 0.05) is 31.6 Å². The van der Waals surface area contributed by atoms with Crippen molar-refractivity contribution in [1.29, 1.82) is 0 Å². The van der Waals surface area contributed by atoms with Crippen LogP contribution < -0.4 is 5.43 Å². The molecule has 0 aromatic rings. The predicted octanol–water partition coefficient (Wildman–Crippen LogP) is 2.31. The minimum absolute atomic E-state index is 0.0290. The molecular formula is C23H40N4O5. The van der Waals surface area contributed by atoms with Gasteiger partial charge in [-0.2, -0.15) is 0 Å². The van der Waals surface area contributed by atoms with Crippen molar-refractivity contribution in [2.24, 2.45) is 17.3 Å². The van der Waals surface area contributed by atoms with Crippen molar-refractivity contribution in [2.75, 3.05) is 46.5 Å². The van der Waals surface area contributed by atoms with Gasteiger partial charge in [-0.05, 0) is 51.9 Å². The lowest BCUT2D eigenvalue weighted by atomic mass is 9.73. The van der Waals surface area contributed by atoms with Gasteiger partial charge in [0.15, 0.2) is 0 Å². The monoisotopic (exact) mass is 452 g/mol. The SMILES string of the molecule is COC(=O)N1C2CCC(C3CNN(CC4(C)COC4)C3)CC2N(C(=O)OC(C)C)C[C@@H]1C. The topological polar surface area (TPSA) is 83.6 Å². The molecule has 4 fully saturated rings. The molecule has 0 aromatic heterocycles. The Morgan fingerprint density at radius 2 is 1.88 bits per heavy atom. The number of ether oxygens (including phenoxy) is 3. The van der Waals surface area contributed by atoms with Crippen LogP contribution in [0.5, 0.6) is 0 Å². The summed E-state index contributed by atoms with van der Waals surface area (Å²) in [5.74, 6) is 1.04. The van der Waals surface area contributed by atoms with Crippen LogP contribution in [0.3, 0.4) is 0 Å². The molecule has 3 heterocycles. The Morgan fingerprint density at radius 3 is 2.50 bits per heavy atom. The molecule has 182 valence electrons. The fourth-order valence-electron chi connectivity index (χ4n) is 6.08. The molecule has 3 aliphatic heterocycles. The molecule has 4 aliphatic rings. The molecule has 0 aromatic carbocycles. The Bertz CT molecular complexity index is 700. The third-order valence-corrected chi connectivity index (χ3v) is 7.64. The third kappa shape index (κ3) is 4.70. The first-order valence-electron chi connectivity index (χ1n) is 12.1. The Labute approximate surface area is 191 Å². The van der Waals surface area contributed by atoms with Crippen molar-refractivity contribution in [3.8, 4) is 0 Å². The average molecular weight is 453 g/mol. The van der Waals surface area contributed by atoms with Crippen molar-refractivity contribution in [2.45, 2.75) is 71.2 Å². The van der Waals surface area contributed by atoms with E-state index in [1.807, 2.05) is 30.6 Å². The van der Waals surface area contributed by atoms with Crippen molar-refractivity contribution in [3.05, 3.63) is 0 Å². The van der Waals surface area contributed by atoms with E-state index in [4.69, 9.17) is 14.2 Å². The van der Waals surface area contributed by atoms with Crippen LogP contribution in [0, 0.1) is 17.3 Å². The number of nitrogens with zero attached hydrogens (tertiary/aromatic N) is 3. The number of fused-ring (bicyclic) bond motifs is 1. The molecule has 3 saturated heterocycles. The zero-order chi connectivity index (χ0) is 23.0. The van der Waals surface area contributed by atoms with E-state index in [-0.39, 0.29) is 41.8 Å². The summed E-state index contributed by atoms with van der Waals surface area (Å²) in [5, 5.41) is 2.35. The van der Waals surface area contributed by atoms with Gasteiger partial charge in [-0.25, -0.2) is 14.6 Å². The van der Waals surface area contributed by atoms with Crippen molar-refractivity contribution in [3.63, 3.8) is 0 Å². The summed E-state index contributed by atoms with van der Waals surface area (Å²) in [4.78, 5) is 29.3. The molecule has 4 unspecified atom stereocenters. The van der Waals surface area contributed by atoms with Crippen LogP contribution in [0.25, 0.3) is 0 Å². The molecule has 1 aliphatic carbocycles. The zero-order valence-electron chi connectivity index (χ0n) is 20.2. The highest BCUT2D eigenvalue weighted by molar-refractivity contribution is 5.72. The van der Waals surface area contributed by atoms with E-state index < -0.39 is 0 Å². The van der Waals surface area contributed by atoms with E-state index in [9.17, 15) is 9.59 Å². The first-order valence-corrected chi connectivity index (χ1v) is 12.1. The van der Waals surface area contributed by atoms with E-state index in [1.165, 1.54) is 7.11 Å². The summed E-state index contributed by atoms with van der Waals surface area (Å²) >= 11 is 0. The first-order chi connectivity index (χ1) is 15.2. The van der Waals surface area contributed by atoms with Gasteiger partial charge in [0.1, 0.15) is 0 Å². The Hall–Kier alpha value is -1.58. The summed E-state index contributed by atoms with van der Waals surface area (Å²) in [6, 6.07) is -0.172. The smallest absolute Gasteiger partial charge is 0.410 e. The summed E-state index contributed by atoms with van der Waals surface area (Å²) in [5.41, 5.74) is 3.84. The number of hydrazine groups is 1. The van der Waals surface area contributed by atoms with Crippen molar-refractivity contribution < 1.29 is 23.8 Å². The van der Waals surface area contributed by atoms with Gasteiger partial charge < -0.3 is 19.1 Å². The van der Waals surface area contributed by atoms with Crippen LogP contribution in [-0.4, -0.2) is 97.7 Å². The van der Waals surface area contributed by atoms with Gasteiger partial charge in [0.25, 0.3) is 0 Å². The summed E-state index contributed by atoms with van der Waals surface area (Å²) < 4.78 is 16.1. The summed E-state index contributed by atoms with van der Waals surface area (Å²) in [6.07, 6.45) is 2.08. The molecule has 1 N–H and O–H groups in total. The molecule has 4 rings (SSSR count). The minimum Gasteiger partial charge on any atom is -0.453 e. The van der Waals surface area contributed by atoms with E-state index in [2.05, 4.69) is 17.4 Å². The number of nitrogens with one attached hydrogen (secondary N) is 1. The lowest BCUT2D eigenvalue weighted by Crippen LogP contribution is -2.67. The van der Waals surface area contributed by atoms with Gasteiger partial charge in [0.05, 0.1) is 44.6 Å². The van der Waals surface area contributed by atoms with Crippen LogP contribution >= 0.6 is 0 Å². The predicted molar refractivity (Wildman–Crippen MR) is 119 cm³/mol. The highest BCUT2D eigenvalue weighted by Crippen LogP contribution is 2.40. The second kappa shape index (κ2) is 9.35. The van der Waals surface area contributed by atoms with E-state index in [0.717, 1.165) is 52.1 Å². The number of piperazine rings is 1. The molecule has 9 nitrogen and oxygen atoms in total. The van der Waals surface area contributed by atoms with Gasteiger partial charge >= 0.3 is 12.2 Å². The van der Waals surface area contributed by atoms with Gasteiger partial charge in [-0.3, -0.25) is 10.3 Å². The molecule has 2 amide bonds. The number of hydrogen-bond acceptors (Lipinski definition) is 7. The zero-order valence-corrected chi connectivity index (χ0v) is 20.2. The number of hydrogen-bond donors (Lipinski definition) is 1. The molecule has 0 spiro atoms. The van der Waals surface area contributed by atoms with Crippen molar-refractivity contribution >= 4 is 12.2 Å². The van der Waals surface area contributed by atoms with Crippen molar-refractivity contribution in [1.82, 2.24) is 20.2 Å². The fraction of sp³-hybridized carbons (Fsp3) is 0.913. The molecule has 0 bridgehead atoms. The Morgan fingerprint density at radius 1 is 1.12 bits per heavy atom. The maximum atomic E-state index is 13.0. The van der Waals surface area contributed by atoms with Gasteiger partial charge in [0.2, 0.25) is 0 Å². The number of carbonyl (C=O) groups excluding carboxylic acids is 2. The maximum Gasteiger partial charge on any atom is 0.410 e. The van der Waals surface area contributed by atoms with Crippen LogP contribution in [0.2, 0.25) is 0 Å². The quantitative estimate of drug-likeness (QED) is 0.701. The molecule has 32 heavy (non-hydrogen) atoms. The first kappa shape index (κ1) is 23.6. The highest BCUT2D eigenvalue weighted by atomic mass is 16.6. The molecule has 0 radical (unpaired) electrons. The van der Waals surface area contributed by atoms with Crippen LogP contribution in [-0.2, 0) is 14.2 Å². The normalized spacial score (nSPS) is 34.8. The number of amides is 2. The Balaban J connectivity index is 1.45. The van der Waals surface area contributed by atoms with E-state index >= 15 is 0 Å². The standard InChI is InChI=1S/C23H40N4O5/c1-15(2)32-21(28)26-10-16(3)27(22(29)30-5)19-7-6-17(8-20(19)26)18-9-24-25(11-18)12-23(4)13-31-14-23/h15-20,24H,6-14H2,1-5H3/t16-,17?,18?,19?,20?/m0/s1. The number of methoxy groups -OCH3 is 1. The van der Waals surface area contributed by atoms with Crippen LogP contribution in [0.4, 0.5) is 9.59 Å². The summed E-state index contributed by atoms with van der Waals surface area (Å²) in [6.45, 7) is 13.1. The average Bonchev–Trinajstić information content (AvgIpc) is 3.19. The fourth-order valence-corrected chi connectivity index (χ4v) is 6.08. The maximum absolute atomic E-state index is 13.0. The lowest BCUT2D eigenvalue weighted by molar-refractivity contribution is -0.117. The highest BCUT2D eigenvalue weighted by Gasteiger charge is 2.49. The number of carbonyl (C=O) groups is 2. The van der Waals surface area contributed by atoms with E-state index in [1.54, 1.807) is 0 Å². The van der Waals surface area contributed by atoms with Crippen LogP contribution in [0.1, 0.15) is 47.0 Å². The number of rotatable bonds is 4. The third-order valence-electron chi connectivity index (χ3n) is 7.64. The van der Waals surface area contributed by atoms with E-state index in [0.29, 0.717) is 18.4 Å². The van der Waals surface area contributed by atoms with Gasteiger partial charge in [-0.15, -0.1) is 0 Å². The summed E-state index contributed by atoms with van der Waals surface area (Å²) in [7, 11) is 1.43. The molecule has 1 saturated carbocycles. The largest absolute Gasteiger partial charge is 0.453 e. The second-order valence-electron chi connectivity index (χ2n) is 10.8. The molecule has 9 heteroatoms. The Kier molecular flexibility index (Phi) is 6.89. The van der Waals surface area contributed by atoms with Crippen LogP contribution in [0.15, 0.2) is 0 Å². The lowest BCUT2D eigenvalue weighted by Gasteiger charge is -2.53. The van der Waals surface area contributed by atoms with Gasteiger partial charge in [-0.1, -0.05) is 6.92 Å². The molecule has 5 atom stereocenters.